The molecule has 556 valence electrons. The van der Waals surface area contributed by atoms with Crippen molar-refractivity contribution >= 4 is 122 Å². The maximum atomic E-state index is 15.0. The van der Waals surface area contributed by atoms with Crippen LogP contribution in [0.1, 0.15) is 62.3 Å². The number of phenolic OH excluding ortho intramolecular Hbond substituents is 2. The molecule has 0 aliphatic carbocycles. The summed E-state index contributed by atoms with van der Waals surface area (Å²) in [4.78, 5) is 206. The molecule has 0 spiro atoms. The molecule has 33 nitrogen and oxygen atoms in total. The smallest absolute Gasteiger partial charge is 0.326 e. The fraction of sp³-hybridized carbons (Fsp3) is 0.418. The second-order valence-electron chi connectivity index (χ2n) is 24.1. The number of aromatic hydroxyl groups is 2. The number of aliphatic carboxylic acids is 3. The topological polar surface area (TPSA) is 528 Å². The Labute approximate surface area is 603 Å². The Morgan fingerprint density at radius 1 is 0.534 bits per heavy atom. The van der Waals surface area contributed by atoms with Gasteiger partial charge in [-0.1, -0.05) is 120 Å². The molecule has 0 radical (unpaired) electrons. The molecule has 4 aromatic carbocycles. The monoisotopic (exact) mass is 1490 g/mol. The van der Waals surface area contributed by atoms with Crippen LogP contribution in [0.5, 0.6) is 11.5 Å². The van der Waals surface area contributed by atoms with Gasteiger partial charge in [0.2, 0.25) is 70.9 Å². The minimum Gasteiger partial charge on any atom is -0.508 e. The molecule has 19 N–H and O–H groups in total. The number of carbonyl (C=O) groups is 15. The molecule has 1 aliphatic heterocycles. The van der Waals surface area contributed by atoms with Gasteiger partial charge in [0, 0.05) is 30.8 Å². The fourth-order valence-electron chi connectivity index (χ4n) is 9.93. The third-order valence-corrected chi connectivity index (χ3v) is 18.6. The largest absolute Gasteiger partial charge is 0.508 e. The average Bonchev–Trinajstić information content (AvgIpc) is 0.854. The van der Waals surface area contributed by atoms with Gasteiger partial charge < -0.3 is 95.1 Å². The standard InChI is InChI=1S/C67H85N13O20S3/c1-35(2)56(67(99)100)80-65(97)49(30-55(87)88)77-61(93)44(23-24-101-4)74-64(96)47(28-40-17-21-42(82)22-18-40)76-66(98)51-34-103-102-33-50(79-58(90)43(68)25-37-11-7-5-8-12-37)60(92)70-32-53(84)73-48(29-54(85)86)59(91)69-31-52(83)72-45(26-38-13-9-6-10-14-38)63(95)75-46(27-39-15-19-41(81)20-16-39)62(94)71-36(3)57(89)78-51/h5-22,35-36,43-51,56,81-82H,23-34,68H2,1-4H3,(H,69,91)(H,70,92)(H,71,94)(H,72,83)(H,73,84)(H,74,96)(H,75,95)(H,76,98)(H,77,93)(H,78,89)(H,79,90)(H,80,97)(H,85,86)(H,87,88)(H,99,100)/t36-,43-,44-,45-,46-,47-,48-,49-,50-,51-,56-/m0/s1. The normalized spacial score (nSPS) is 19.9. The number of carboxylic acids is 3. The van der Waals surface area contributed by atoms with Crippen LogP contribution in [0.4, 0.5) is 0 Å². The molecule has 1 heterocycles. The Kier molecular flexibility index (Phi) is 34.0. The lowest BCUT2D eigenvalue weighted by molar-refractivity contribution is -0.144. The van der Waals surface area contributed by atoms with Gasteiger partial charge in [-0.25, -0.2) is 4.79 Å². The molecule has 1 aliphatic rings. The summed E-state index contributed by atoms with van der Waals surface area (Å²) in [5.41, 5.74) is 8.14. The van der Waals surface area contributed by atoms with E-state index in [9.17, 15) is 92.7 Å². The van der Waals surface area contributed by atoms with Gasteiger partial charge in [0.05, 0.1) is 32.0 Å². The van der Waals surface area contributed by atoms with Crippen molar-refractivity contribution in [2.75, 3.05) is 36.6 Å². The van der Waals surface area contributed by atoms with E-state index in [4.69, 9.17) is 5.73 Å². The highest BCUT2D eigenvalue weighted by atomic mass is 33.1. The van der Waals surface area contributed by atoms with Crippen LogP contribution in [0.15, 0.2) is 109 Å². The third-order valence-electron chi connectivity index (χ3n) is 15.5. The quantitative estimate of drug-likeness (QED) is 0.0278. The maximum Gasteiger partial charge on any atom is 0.326 e. The molecular formula is C67H85N13O20S3. The summed E-state index contributed by atoms with van der Waals surface area (Å²) in [6.07, 6.45) is -1.46. The Balaban J connectivity index is 1.57. The number of benzene rings is 4. The molecule has 1 fully saturated rings. The van der Waals surface area contributed by atoms with Crippen molar-refractivity contribution in [3.8, 4) is 11.5 Å². The SMILES string of the molecule is CSCC[C@H](NC(=O)[C@H](Cc1ccc(O)cc1)NC(=O)[C@@H]1CSSC[C@H](NC(=O)[C@@H](N)Cc2ccccc2)C(=O)NCC(=O)N[C@@H](CC(=O)O)C(=O)NCC(=O)N[C@@H](Cc2ccccc2)C(=O)N[C@@H](Cc2ccc(O)cc2)C(=O)N[C@@H](C)C(=O)N1)C(=O)N[C@@H](CC(=O)O)C(=O)N[C@H](C(=O)O)C(C)C. The van der Waals surface area contributed by atoms with Gasteiger partial charge in [-0.2, -0.15) is 11.8 Å². The number of rotatable bonds is 27. The molecule has 5 rings (SSSR count). The third kappa shape index (κ3) is 29.2. The molecule has 1 saturated heterocycles. The van der Waals surface area contributed by atoms with Crippen molar-refractivity contribution in [2.45, 2.75) is 132 Å². The number of thioether (sulfide) groups is 1. The number of carboxylic acid groups (broad SMARTS) is 3. The Morgan fingerprint density at radius 3 is 1.59 bits per heavy atom. The van der Waals surface area contributed by atoms with E-state index in [2.05, 4.69) is 63.8 Å². The van der Waals surface area contributed by atoms with Crippen LogP contribution < -0.4 is 69.5 Å². The van der Waals surface area contributed by atoms with Crippen LogP contribution in [0, 0.1) is 5.92 Å². The molecular weight excluding hydrogens is 1400 g/mol. The maximum absolute atomic E-state index is 15.0. The minimum absolute atomic E-state index is 0.00412. The lowest BCUT2D eigenvalue weighted by Crippen LogP contribution is -2.61. The molecule has 36 heteroatoms. The van der Waals surface area contributed by atoms with Gasteiger partial charge in [-0.3, -0.25) is 67.1 Å². The lowest BCUT2D eigenvalue weighted by atomic mass is 10.0. The van der Waals surface area contributed by atoms with Gasteiger partial charge in [0.15, 0.2) is 0 Å². The number of carbonyl (C=O) groups excluding carboxylic acids is 12. The molecule has 0 unspecified atom stereocenters. The molecule has 12 amide bonds. The first-order chi connectivity index (χ1) is 48.9. The van der Waals surface area contributed by atoms with Crippen LogP contribution in [0.25, 0.3) is 0 Å². The van der Waals surface area contributed by atoms with Crippen molar-refractivity contribution in [2.24, 2.45) is 11.7 Å². The summed E-state index contributed by atoms with van der Waals surface area (Å²) in [7, 11) is 1.65. The van der Waals surface area contributed by atoms with Crippen molar-refractivity contribution in [3.05, 3.63) is 131 Å². The number of nitrogens with two attached hydrogens (primary N) is 1. The first kappa shape index (κ1) is 83.2. The zero-order valence-electron chi connectivity index (χ0n) is 56.5. The first-order valence-corrected chi connectivity index (χ1v) is 36.1. The van der Waals surface area contributed by atoms with E-state index in [0.717, 1.165) is 21.6 Å². The first-order valence-electron chi connectivity index (χ1n) is 32.3. The summed E-state index contributed by atoms with van der Waals surface area (Å²) in [5.74, 6) is -18.9. The zero-order chi connectivity index (χ0) is 75.9. The van der Waals surface area contributed by atoms with Crippen LogP contribution in [-0.2, 0) is 97.6 Å². The minimum atomic E-state index is -1.86. The number of phenols is 2. The average molecular weight is 1490 g/mol. The number of hydrogen-bond donors (Lipinski definition) is 18. The van der Waals surface area contributed by atoms with Crippen molar-refractivity contribution in [1.29, 1.82) is 0 Å². The van der Waals surface area contributed by atoms with E-state index in [0.29, 0.717) is 22.3 Å². The zero-order valence-corrected chi connectivity index (χ0v) is 58.9. The second kappa shape index (κ2) is 42.1. The van der Waals surface area contributed by atoms with Gasteiger partial charge in [0.1, 0.15) is 71.9 Å². The predicted molar refractivity (Wildman–Crippen MR) is 378 cm³/mol. The highest BCUT2D eigenvalue weighted by Gasteiger charge is 2.37. The van der Waals surface area contributed by atoms with E-state index < -0.39 is 199 Å². The second-order valence-corrected chi connectivity index (χ2v) is 27.7. The van der Waals surface area contributed by atoms with E-state index in [1.807, 2.05) is 0 Å². The molecule has 4 aromatic rings. The van der Waals surface area contributed by atoms with Crippen LogP contribution in [0.3, 0.4) is 0 Å². The summed E-state index contributed by atoms with van der Waals surface area (Å²) in [5, 5.41) is 78.8. The van der Waals surface area contributed by atoms with E-state index in [1.165, 1.54) is 81.1 Å². The van der Waals surface area contributed by atoms with E-state index in [1.54, 1.807) is 66.9 Å². The van der Waals surface area contributed by atoms with E-state index >= 15 is 4.79 Å². The molecule has 103 heavy (non-hydrogen) atoms. The summed E-state index contributed by atoms with van der Waals surface area (Å²) in [6.45, 7) is 2.37. The Morgan fingerprint density at radius 2 is 1.03 bits per heavy atom. The van der Waals surface area contributed by atoms with E-state index in [-0.39, 0.29) is 48.7 Å². The van der Waals surface area contributed by atoms with Crippen molar-refractivity contribution in [1.82, 2.24) is 63.8 Å². The van der Waals surface area contributed by atoms with Crippen LogP contribution >= 0.6 is 33.3 Å². The fourth-order valence-corrected chi connectivity index (χ4v) is 12.7. The number of amides is 12. The predicted octanol–water partition coefficient (Wildman–Crippen LogP) is -2.37. The Bertz CT molecular complexity index is 3640. The van der Waals surface area contributed by atoms with Crippen LogP contribution in [0.2, 0.25) is 0 Å². The van der Waals surface area contributed by atoms with Gasteiger partial charge in [-0.15, -0.1) is 0 Å². The molecule has 0 saturated carbocycles. The van der Waals surface area contributed by atoms with Crippen LogP contribution in [-0.4, -0.2) is 217 Å². The number of nitrogens with one attached hydrogen (secondary N) is 12. The van der Waals surface area contributed by atoms with Gasteiger partial charge >= 0.3 is 17.9 Å². The molecule has 0 aromatic heterocycles. The van der Waals surface area contributed by atoms with Gasteiger partial charge in [0.25, 0.3) is 0 Å². The highest BCUT2D eigenvalue weighted by molar-refractivity contribution is 8.76. The Hall–Kier alpha value is -10.5. The molecule has 11 atom stereocenters. The van der Waals surface area contributed by atoms with Gasteiger partial charge in [-0.05, 0) is 84.2 Å². The van der Waals surface area contributed by atoms with Crippen molar-refractivity contribution in [3.63, 3.8) is 0 Å². The highest BCUT2D eigenvalue weighted by Crippen LogP contribution is 2.24. The molecule has 0 bridgehead atoms. The summed E-state index contributed by atoms with van der Waals surface area (Å²) in [6, 6.07) is 9.93. The summed E-state index contributed by atoms with van der Waals surface area (Å²) >= 11 is 1.23. The number of hydrogen-bond acceptors (Lipinski definition) is 21. The summed E-state index contributed by atoms with van der Waals surface area (Å²) < 4.78 is 0. The van der Waals surface area contributed by atoms with Crippen molar-refractivity contribution < 1.29 is 97.5 Å². The lowest BCUT2D eigenvalue weighted by Gasteiger charge is -2.28.